The van der Waals surface area contributed by atoms with Crippen molar-refractivity contribution in [3.05, 3.63) is 54.9 Å². The molecule has 0 aliphatic carbocycles. The number of anilines is 2. The van der Waals surface area contributed by atoms with E-state index in [2.05, 4.69) is 26.7 Å². The molecule has 148 valence electrons. The van der Waals surface area contributed by atoms with E-state index in [0.717, 1.165) is 50.0 Å². The molecule has 0 saturated carbocycles. The Hall–Kier alpha value is -3.03. The van der Waals surface area contributed by atoms with Gasteiger partial charge in [-0.2, -0.15) is 0 Å². The van der Waals surface area contributed by atoms with Crippen LogP contribution in [-0.4, -0.2) is 39.8 Å². The van der Waals surface area contributed by atoms with Gasteiger partial charge in [-0.3, -0.25) is 4.98 Å². The van der Waals surface area contributed by atoms with Crippen LogP contribution in [0.2, 0.25) is 0 Å². The third-order valence-electron chi connectivity index (χ3n) is 4.73. The van der Waals surface area contributed by atoms with Crippen molar-refractivity contribution in [3.63, 3.8) is 0 Å². The molecule has 0 spiro atoms. The maximum absolute atomic E-state index is 9.73. The van der Waals surface area contributed by atoms with E-state index >= 15 is 0 Å². The lowest BCUT2D eigenvalue weighted by atomic mass is 10.1. The Morgan fingerprint density at radius 3 is 2.55 bits per heavy atom. The molecule has 4 rings (SSSR count). The summed E-state index contributed by atoms with van der Waals surface area (Å²) in [6, 6.07) is 14.1. The summed E-state index contributed by atoms with van der Waals surface area (Å²) in [6.07, 6.45) is 4.07. The lowest BCUT2D eigenvalue weighted by molar-refractivity contribution is 0.183. The van der Waals surface area contributed by atoms with Gasteiger partial charge in [-0.25, -0.2) is 9.97 Å². The number of fused-ring (bicyclic) bond motifs is 1. The third kappa shape index (κ3) is 4.36. The Morgan fingerprint density at radius 1 is 1.03 bits per heavy atom. The molecule has 7 heteroatoms. The largest absolute Gasteiger partial charge is 0.391 e. The lowest BCUT2D eigenvalue weighted by Gasteiger charge is -2.10. The van der Waals surface area contributed by atoms with E-state index in [9.17, 15) is 5.11 Å². The van der Waals surface area contributed by atoms with E-state index in [1.165, 1.54) is 0 Å². The molecule has 0 radical (unpaired) electrons. The van der Waals surface area contributed by atoms with E-state index in [-0.39, 0.29) is 6.10 Å². The molecule has 0 aliphatic rings. The fraction of sp³-hybridized carbons (Fsp3) is 0.227. The highest BCUT2D eigenvalue weighted by molar-refractivity contribution is 7.21. The molecule has 0 bridgehead atoms. The molecule has 3 N–H and O–H groups in total. The Kier molecular flexibility index (Phi) is 5.69. The van der Waals surface area contributed by atoms with Gasteiger partial charge in [0.1, 0.15) is 10.8 Å². The number of aliphatic hydroxyl groups is 1. The monoisotopic (exact) mass is 405 g/mol. The van der Waals surface area contributed by atoms with Crippen molar-refractivity contribution in [2.24, 2.45) is 0 Å². The number of aliphatic hydroxyl groups excluding tert-OH is 1. The summed E-state index contributed by atoms with van der Waals surface area (Å²) in [5.74, 6) is 0.831. The summed E-state index contributed by atoms with van der Waals surface area (Å²) < 4.78 is 1.10. The molecule has 6 nitrogen and oxygen atoms in total. The predicted molar refractivity (Wildman–Crippen MR) is 120 cm³/mol. The standard InChI is InChI=1S/C22H23N5OS/c1-3-17(28)13-24-16-6-8-19-20(10-16)29-22(27-19)15-4-7-18(25-12-15)14-5-9-21(23-2)26-11-14/h4-12,17,24,28H,3,13H2,1-2H3,(H,23,26). The Labute approximate surface area is 173 Å². The first kappa shape index (κ1) is 19.3. The summed E-state index contributed by atoms with van der Waals surface area (Å²) in [5, 5.41) is 17.0. The number of rotatable bonds is 7. The van der Waals surface area contributed by atoms with Crippen molar-refractivity contribution in [1.82, 2.24) is 15.0 Å². The van der Waals surface area contributed by atoms with Crippen molar-refractivity contribution in [3.8, 4) is 21.8 Å². The van der Waals surface area contributed by atoms with Gasteiger partial charge >= 0.3 is 0 Å². The quantitative estimate of drug-likeness (QED) is 0.415. The van der Waals surface area contributed by atoms with Gasteiger partial charge in [0, 0.05) is 42.8 Å². The molecule has 1 unspecified atom stereocenters. The van der Waals surface area contributed by atoms with E-state index in [1.807, 2.05) is 62.8 Å². The van der Waals surface area contributed by atoms with Crippen LogP contribution in [0.3, 0.4) is 0 Å². The van der Waals surface area contributed by atoms with Gasteiger partial charge in [0.15, 0.2) is 0 Å². The molecular formula is C22H23N5OS. The van der Waals surface area contributed by atoms with Crippen molar-refractivity contribution < 1.29 is 5.11 Å². The van der Waals surface area contributed by atoms with Gasteiger partial charge in [-0.1, -0.05) is 6.92 Å². The minimum atomic E-state index is -0.336. The van der Waals surface area contributed by atoms with Gasteiger partial charge in [0.05, 0.1) is 22.0 Å². The van der Waals surface area contributed by atoms with E-state index in [1.54, 1.807) is 11.3 Å². The Bertz CT molecular complexity index is 1090. The maximum Gasteiger partial charge on any atom is 0.126 e. The number of nitrogens with zero attached hydrogens (tertiary/aromatic N) is 3. The first-order valence-electron chi connectivity index (χ1n) is 9.59. The molecule has 0 amide bonds. The first-order valence-corrected chi connectivity index (χ1v) is 10.4. The normalized spacial score (nSPS) is 12.1. The number of hydrogen-bond donors (Lipinski definition) is 3. The second kappa shape index (κ2) is 8.55. The minimum absolute atomic E-state index is 0.336. The zero-order chi connectivity index (χ0) is 20.2. The van der Waals surface area contributed by atoms with Gasteiger partial charge in [-0.05, 0) is 48.9 Å². The number of aromatic nitrogens is 3. The number of nitrogens with one attached hydrogen (secondary N) is 2. The average Bonchev–Trinajstić information content (AvgIpc) is 3.21. The highest BCUT2D eigenvalue weighted by Crippen LogP contribution is 2.32. The third-order valence-corrected chi connectivity index (χ3v) is 5.79. The van der Waals surface area contributed by atoms with Crippen molar-refractivity contribution >= 4 is 33.1 Å². The summed E-state index contributed by atoms with van der Waals surface area (Å²) in [6.45, 7) is 2.52. The second-order valence-corrected chi connectivity index (χ2v) is 7.79. The van der Waals surface area contributed by atoms with Gasteiger partial charge < -0.3 is 15.7 Å². The molecule has 4 aromatic rings. The summed E-state index contributed by atoms with van der Waals surface area (Å²) >= 11 is 1.64. The van der Waals surface area contributed by atoms with Crippen LogP contribution >= 0.6 is 11.3 Å². The average molecular weight is 406 g/mol. The zero-order valence-electron chi connectivity index (χ0n) is 16.4. The minimum Gasteiger partial charge on any atom is -0.391 e. The molecule has 3 aromatic heterocycles. The molecule has 1 aromatic carbocycles. The zero-order valence-corrected chi connectivity index (χ0v) is 17.2. The molecule has 29 heavy (non-hydrogen) atoms. The molecule has 0 fully saturated rings. The van der Waals surface area contributed by atoms with E-state index < -0.39 is 0 Å². The van der Waals surface area contributed by atoms with Crippen LogP contribution in [0.1, 0.15) is 13.3 Å². The summed E-state index contributed by atoms with van der Waals surface area (Å²) in [7, 11) is 1.85. The first-order chi connectivity index (χ1) is 14.2. The highest BCUT2D eigenvalue weighted by atomic mass is 32.1. The highest BCUT2D eigenvalue weighted by Gasteiger charge is 2.09. The van der Waals surface area contributed by atoms with Crippen LogP contribution < -0.4 is 10.6 Å². The van der Waals surface area contributed by atoms with Crippen LogP contribution in [0, 0.1) is 0 Å². The van der Waals surface area contributed by atoms with Crippen molar-refractivity contribution in [1.29, 1.82) is 0 Å². The molecule has 0 saturated heterocycles. The summed E-state index contributed by atoms with van der Waals surface area (Å²) in [4.78, 5) is 13.7. The molecule has 3 heterocycles. The SMILES string of the molecule is CCC(O)CNc1ccc2nc(-c3ccc(-c4ccc(NC)nc4)nc3)sc2c1. The maximum atomic E-state index is 9.73. The summed E-state index contributed by atoms with van der Waals surface area (Å²) in [5.41, 5.74) is 4.80. The van der Waals surface area contributed by atoms with Crippen LogP contribution in [0.4, 0.5) is 11.5 Å². The number of benzene rings is 1. The Morgan fingerprint density at radius 2 is 1.86 bits per heavy atom. The molecule has 0 aliphatic heterocycles. The molecule has 1 atom stereocenters. The molecular weight excluding hydrogens is 382 g/mol. The second-order valence-electron chi connectivity index (χ2n) is 6.76. The van der Waals surface area contributed by atoms with Crippen LogP contribution in [0.25, 0.3) is 32.0 Å². The van der Waals surface area contributed by atoms with Gasteiger partial charge in [0.2, 0.25) is 0 Å². The fourth-order valence-electron chi connectivity index (χ4n) is 2.92. The fourth-order valence-corrected chi connectivity index (χ4v) is 3.92. The smallest absolute Gasteiger partial charge is 0.126 e. The number of thiazole rings is 1. The van der Waals surface area contributed by atoms with Gasteiger partial charge in [-0.15, -0.1) is 11.3 Å². The van der Waals surface area contributed by atoms with Gasteiger partial charge in [0.25, 0.3) is 0 Å². The van der Waals surface area contributed by atoms with Crippen LogP contribution in [0.15, 0.2) is 54.9 Å². The van der Waals surface area contributed by atoms with E-state index in [0.29, 0.717) is 6.54 Å². The predicted octanol–water partition coefficient (Wildman–Crippen LogP) is 4.64. The van der Waals surface area contributed by atoms with Crippen LogP contribution in [0.5, 0.6) is 0 Å². The topological polar surface area (TPSA) is 83.0 Å². The Balaban J connectivity index is 1.54. The van der Waals surface area contributed by atoms with Crippen molar-refractivity contribution in [2.45, 2.75) is 19.4 Å². The number of hydrogen-bond acceptors (Lipinski definition) is 7. The van der Waals surface area contributed by atoms with Crippen LogP contribution in [-0.2, 0) is 0 Å². The van der Waals surface area contributed by atoms with Crippen molar-refractivity contribution in [2.75, 3.05) is 24.2 Å². The lowest BCUT2D eigenvalue weighted by Crippen LogP contribution is -2.17. The number of pyridine rings is 2. The van der Waals surface area contributed by atoms with E-state index in [4.69, 9.17) is 4.98 Å².